The number of hydrogen-bond donors (Lipinski definition) is 0. The van der Waals surface area contributed by atoms with Crippen LogP contribution in [0.3, 0.4) is 0 Å². The summed E-state index contributed by atoms with van der Waals surface area (Å²) in [5.41, 5.74) is 2.33. The number of piperidine rings is 1. The van der Waals surface area contributed by atoms with Crippen LogP contribution in [-0.2, 0) is 11.2 Å². The second-order valence-corrected chi connectivity index (χ2v) is 7.44. The molecule has 27 heavy (non-hydrogen) atoms. The first-order chi connectivity index (χ1) is 13.1. The van der Waals surface area contributed by atoms with Gasteiger partial charge in [0, 0.05) is 30.7 Å². The fourth-order valence-corrected chi connectivity index (χ4v) is 4.23. The van der Waals surface area contributed by atoms with Crippen LogP contribution >= 0.6 is 0 Å². The molecule has 0 aliphatic carbocycles. The molecule has 1 unspecified atom stereocenters. The van der Waals surface area contributed by atoms with Crippen molar-refractivity contribution < 1.29 is 14.0 Å². The van der Waals surface area contributed by atoms with Crippen LogP contribution in [0.1, 0.15) is 35.7 Å². The van der Waals surface area contributed by atoms with E-state index >= 15 is 0 Å². The molecule has 1 atom stereocenters. The van der Waals surface area contributed by atoms with E-state index in [2.05, 4.69) is 13.0 Å². The molecule has 0 aromatic heterocycles. The molecular formula is C22H23FN2O2. The molecule has 0 saturated carbocycles. The van der Waals surface area contributed by atoms with Crippen molar-refractivity contribution in [2.75, 3.05) is 18.0 Å². The van der Waals surface area contributed by atoms with Gasteiger partial charge in [-0.15, -0.1) is 0 Å². The quantitative estimate of drug-likeness (QED) is 0.814. The van der Waals surface area contributed by atoms with Crippen molar-refractivity contribution in [1.82, 2.24) is 4.90 Å². The summed E-state index contributed by atoms with van der Waals surface area (Å²) in [6.07, 6.45) is 2.11. The largest absolute Gasteiger partial charge is 0.339 e. The monoisotopic (exact) mass is 366 g/mol. The number of carbonyl (C=O) groups is 2. The van der Waals surface area contributed by atoms with Crippen LogP contribution in [-0.4, -0.2) is 35.8 Å². The molecule has 0 bridgehead atoms. The van der Waals surface area contributed by atoms with E-state index in [-0.39, 0.29) is 29.3 Å². The lowest BCUT2D eigenvalue weighted by Crippen LogP contribution is -2.46. The molecule has 1 fully saturated rings. The normalized spacial score (nSPS) is 19.9. The highest BCUT2D eigenvalue weighted by molar-refractivity contribution is 5.98. The first-order valence-corrected chi connectivity index (χ1v) is 9.51. The number of likely N-dealkylation sites (tertiary alicyclic amines) is 1. The molecule has 2 heterocycles. The van der Waals surface area contributed by atoms with E-state index in [1.807, 2.05) is 23.1 Å². The van der Waals surface area contributed by atoms with Gasteiger partial charge in [0.05, 0.1) is 5.56 Å². The van der Waals surface area contributed by atoms with E-state index in [1.165, 1.54) is 17.7 Å². The molecule has 4 rings (SSSR count). The average Bonchev–Trinajstić information content (AvgIpc) is 3.03. The molecule has 5 heteroatoms. The molecular weight excluding hydrogens is 343 g/mol. The highest BCUT2D eigenvalue weighted by Crippen LogP contribution is 2.34. The Bertz CT molecular complexity index is 874. The van der Waals surface area contributed by atoms with E-state index in [0.717, 1.165) is 12.1 Å². The molecule has 0 spiro atoms. The molecule has 0 N–H and O–H groups in total. The third kappa shape index (κ3) is 3.22. The maximum absolute atomic E-state index is 13.9. The SMILES string of the molecule is CC1Cc2ccccc2N1C(=O)C1CCN(C(=O)c2ccccc2F)CC1. The lowest BCUT2D eigenvalue weighted by molar-refractivity contribution is -0.124. The molecule has 2 aliphatic heterocycles. The zero-order chi connectivity index (χ0) is 19.0. The number of hydrogen-bond acceptors (Lipinski definition) is 2. The van der Waals surface area contributed by atoms with E-state index in [9.17, 15) is 14.0 Å². The fourth-order valence-electron chi connectivity index (χ4n) is 4.23. The Morgan fingerprint density at radius 3 is 2.41 bits per heavy atom. The highest BCUT2D eigenvalue weighted by Gasteiger charge is 2.36. The zero-order valence-electron chi connectivity index (χ0n) is 15.4. The Morgan fingerprint density at radius 1 is 1.00 bits per heavy atom. The van der Waals surface area contributed by atoms with Crippen LogP contribution in [0.15, 0.2) is 48.5 Å². The molecule has 2 aliphatic rings. The van der Waals surface area contributed by atoms with Crippen molar-refractivity contribution in [3.63, 3.8) is 0 Å². The molecule has 140 valence electrons. The van der Waals surface area contributed by atoms with Crippen molar-refractivity contribution in [1.29, 1.82) is 0 Å². The number of para-hydroxylation sites is 1. The number of carbonyl (C=O) groups excluding carboxylic acids is 2. The standard InChI is InChI=1S/C22H23FN2O2/c1-15-14-17-6-2-5-9-20(17)25(15)21(26)16-10-12-24(13-11-16)22(27)18-7-3-4-8-19(18)23/h2-9,15-16H,10-14H2,1H3. The van der Waals surface area contributed by atoms with Gasteiger partial charge in [0.2, 0.25) is 5.91 Å². The Kier molecular flexibility index (Phi) is 4.68. The number of nitrogens with zero attached hydrogens (tertiary/aromatic N) is 2. The Morgan fingerprint density at radius 2 is 1.67 bits per heavy atom. The van der Waals surface area contributed by atoms with E-state index in [4.69, 9.17) is 0 Å². The number of benzene rings is 2. The van der Waals surface area contributed by atoms with E-state index in [1.54, 1.807) is 17.0 Å². The van der Waals surface area contributed by atoms with Gasteiger partial charge in [-0.1, -0.05) is 30.3 Å². The third-order valence-corrected chi connectivity index (χ3v) is 5.68. The minimum absolute atomic E-state index is 0.0942. The minimum Gasteiger partial charge on any atom is -0.339 e. The summed E-state index contributed by atoms with van der Waals surface area (Å²) in [6.45, 7) is 3.04. The number of fused-ring (bicyclic) bond motifs is 1. The number of amides is 2. The summed E-state index contributed by atoms with van der Waals surface area (Å²) in [5, 5.41) is 0. The predicted octanol–water partition coefficient (Wildman–Crippen LogP) is 3.66. The predicted molar refractivity (Wildman–Crippen MR) is 102 cm³/mol. The first-order valence-electron chi connectivity index (χ1n) is 9.51. The maximum atomic E-state index is 13.9. The number of halogens is 1. The van der Waals surface area contributed by atoms with Crippen LogP contribution < -0.4 is 4.90 Å². The second kappa shape index (κ2) is 7.14. The fraction of sp³-hybridized carbons (Fsp3) is 0.364. The summed E-state index contributed by atoms with van der Waals surface area (Å²) in [4.78, 5) is 29.3. The van der Waals surface area contributed by atoms with E-state index < -0.39 is 5.82 Å². The molecule has 2 amide bonds. The summed E-state index contributed by atoms with van der Waals surface area (Å²) in [5.74, 6) is -0.740. The Labute approximate surface area is 158 Å². The number of anilines is 1. The van der Waals surface area contributed by atoms with Gasteiger partial charge in [0.25, 0.3) is 5.91 Å². The van der Waals surface area contributed by atoms with Gasteiger partial charge in [0.15, 0.2) is 0 Å². The summed E-state index contributed by atoms with van der Waals surface area (Å²) >= 11 is 0. The van der Waals surface area contributed by atoms with Crippen LogP contribution in [0.4, 0.5) is 10.1 Å². The average molecular weight is 366 g/mol. The van der Waals surface area contributed by atoms with Gasteiger partial charge in [0.1, 0.15) is 5.82 Å². The van der Waals surface area contributed by atoms with Crippen LogP contribution in [0, 0.1) is 11.7 Å². The zero-order valence-corrected chi connectivity index (χ0v) is 15.4. The Balaban J connectivity index is 1.43. The van der Waals surface area contributed by atoms with Gasteiger partial charge < -0.3 is 9.80 Å². The van der Waals surface area contributed by atoms with Gasteiger partial charge in [-0.2, -0.15) is 0 Å². The minimum atomic E-state index is -0.497. The van der Waals surface area contributed by atoms with Crippen molar-refractivity contribution in [2.24, 2.45) is 5.92 Å². The molecule has 2 aromatic carbocycles. The van der Waals surface area contributed by atoms with Crippen LogP contribution in [0.2, 0.25) is 0 Å². The van der Waals surface area contributed by atoms with Gasteiger partial charge in [-0.3, -0.25) is 9.59 Å². The van der Waals surface area contributed by atoms with Crippen molar-refractivity contribution >= 4 is 17.5 Å². The molecule has 1 saturated heterocycles. The maximum Gasteiger partial charge on any atom is 0.256 e. The number of rotatable bonds is 2. The Hall–Kier alpha value is -2.69. The van der Waals surface area contributed by atoms with E-state index in [0.29, 0.717) is 25.9 Å². The van der Waals surface area contributed by atoms with Gasteiger partial charge in [-0.05, 0) is 49.9 Å². The third-order valence-electron chi connectivity index (χ3n) is 5.68. The van der Waals surface area contributed by atoms with Crippen molar-refractivity contribution in [2.45, 2.75) is 32.2 Å². The topological polar surface area (TPSA) is 40.6 Å². The molecule has 4 nitrogen and oxygen atoms in total. The smallest absolute Gasteiger partial charge is 0.256 e. The first kappa shape index (κ1) is 17.7. The van der Waals surface area contributed by atoms with Crippen LogP contribution in [0.25, 0.3) is 0 Å². The van der Waals surface area contributed by atoms with Gasteiger partial charge >= 0.3 is 0 Å². The lowest BCUT2D eigenvalue weighted by atomic mass is 9.94. The second-order valence-electron chi connectivity index (χ2n) is 7.44. The van der Waals surface area contributed by atoms with Crippen molar-refractivity contribution in [3.05, 3.63) is 65.5 Å². The molecule has 0 radical (unpaired) electrons. The summed E-state index contributed by atoms with van der Waals surface area (Å²) in [7, 11) is 0. The van der Waals surface area contributed by atoms with Gasteiger partial charge in [-0.25, -0.2) is 4.39 Å². The highest BCUT2D eigenvalue weighted by atomic mass is 19.1. The van der Waals surface area contributed by atoms with Crippen molar-refractivity contribution in [3.8, 4) is 0 Å². The van der Waals surface area contributed by atoms with Crippen LogP contribution in [0.5, 0.6) is 0 Å². The lowest BCUT2D eigenvalue weighted by Gasteiger charge is -2.34. The summed E-state index contributed by atoms with van der Waals surface area (Å²) < 4.78 is 13.9. The molecule has 2 aromatic rings. The summed E-state index contributed by atoms with van der Waals surface area (Å²) in [6, 6.07) is 14.3.